The molecular weight excluding hydrogens is 243 g/mol. The Balaban J connectivity index is 2.16. The summed E-state index contributed by atoms with van der Waals surface area (Å²) in [6.07, 6.45) is 4.31. The van der Waals surface area contributed by atoms with Crippen molar-refractivity contribution in [3.05, 3.63) is 48.0 Å². The smallest absolute Gasteiger partial charge is 0.165 e. The van der Waals surface area contributed by atoms with E-state index in [0.29, 0.717) is 5.75 Å². The number of ether oxygens (including phenoxy) is 1. The number of benzene rings is 1. The van der Waals surface area contributed by atoms with E-state index in [1.807, 2.05) is 13.0 Å². The fraction of sp³-hybridized carbons (Fsp3) is 0.267. The fourth-order valence-electron chi connectivity index (χ4n) is 1.66. The lowest BCUT2D eigenvalue weighted by atomic mass is 10.2. The lowest BCUT2D eigenvalue weighted by Gasteiger charge is -2.09. The highest BCUT2D eigenvalue weighted by atomic mass is 19.1. The van der Waals surface area contributed by atoms with Crippen LogP contribution in [0.5, 0.6) is 11.5 Å². The number of anilines is 1. The first-order valence-electron chi connectivity index (χ1n) is 6.32. The van der Waals surface area contributed by atoms with Gasteiger partial charge >= 0.3 is 0 Å². The molecule has 3 nitrogen and oxygen atoms in total. The Morgan fingerprint density at radius 2 is 2.11 bits per heavy atom. The third-order valence-electron chi connectivity index (χ3n) is 2.61. The Labute approximate surface area is 112 Å². The molecule has 2 rings (SSSR count). The van der Waals surface area contributed by atoms with E-state index in [2.05, 4.69) is 17.2 Å². The number of aryl methyl sites for hydroxylation is 1. The highest BCUT2D eigenvalue weighted by molar-refractivity contribution is 5.46. The number of pyridine rings is 1. The van der Waals surface area contributed by atoms with Gasteiger partial charge in [-0.2, -0.15) is 0 Å². The molecule has 1 heterocycles. The zero-order chi connectivity index (χ0) is 13.7. The number of hydrogen-bond acceptors (Lipinski definition) is 3. The maximum absolute atomic E-state index is 13.6. The van der Waals surface area contributed by atoms with Gasteiger partial charge in [-0.05, 0) is 31.0 Å². The van der Waals surface area contributed by atoms with Gasteiger partial charge in [-0.1, -0.05) is 13.0 Å². The van der Waals surface area contributed by atoms with Gasteiger partial charge in [-0.25, -0.2) is 4.39 Å². The number of hydrogen-bond donors (Lipinski definition) is 1. The molecular formula is C15H17FN2O. The summed E-state index contributed by atoms with van der Waals surface area (Å²) in [6, 6.07) is 6.59. The van der Waals surface area contributed by atoms with Crippen LogP contribution in [0.25, 0.3) is 0 Å². The van der Waals surface area contributed by atoms with Gasteiger partial charge in [0.05, 0.1) is 18.1 Å². The number of rotatable bonds is 5. The third kappa shape index (κ3) is 3.68. The zero-order valence-electron chi connectivity index (χ0n) is 11.1. The van der Waals surface area contributed by atoms with Gasteiger partial charge < -0.3 is 10.1 Å². The topological polar surface area (TPSA) is 34.2 Å². The first-order chi connectivity index (χ1) is 9.19. The number of nitrogens with one attached hydrogen (secondary N) is 1. The summed E-state index contributed by atoms with van der Waals surface area (Å²) in [5, 5.41) is 3.21. The van der Waals surface area contributed by atoms with Gasteiger partial charge in [-0.3, -0.25) is 4.98 Å². The summed E-state index contributed by atoms with van der Waals surface area (Å²) < 4.78 is 19.1. The predicted octanol–water partition coefficient (Wildman–Crippen LogP) is 4.14. The standard InChI is InChI=1S/C15H17FN2O/c1-3-6-18-12-8-13(10-17-9-12)19-15-7-11(2)4-5-14(15)16/h4-5,7-10,18H,3,6H2,1-2H3. The van der Waals surface area contributed by atoms with Crippen LogP contribution in [0.15, 0.2) is 36.7 Å². The molecule has 0 fully saturated rings. The largest absolute Gasteiger partial charge is 0.453 e. The first kappa shape index (κ1) is 13.3. The number of aromatic nitrogens is 1. The molecule has 0 radical (unpaired) electrons. The fourth-order valence-corrected chi connectivity index (χ4v) is 1.66. The Morgan fingerprint density at radius 1 is 1.26 bits per heavy atom. The molecule has 1 N–H and O–H groups in total. The molecule has 19 heavy (non-hydrogen) atoms. The Morgan fingerprint density at radius 3 is 2.89 bits per heavy atom. The van der Waals surface area contributed by atoms with Gasteiger partial charge in [0.25, 0.3) is 0 Å². The van der Waals surface area contributed by atoms with Crippen molar-refractivity contribution in [3.63, 3.8) is 0 Å². The molecule has 0 saturated carbocycles. The minimum atomic E-state index is -0.377. The SMILES string of the molecule is CCCNc1cncc(Oc2cc(C)ccc2F)c1. The van der Waals surface area contributed by atoms with Crippen LogP contribution in [0.2, 0.25) is 0 Å². The second-order valence-corrected chi connectivity index (χ2v) is 4.37. The Kier molecular flexibility index (Phi) is 4.34. The van der Waals surface area contributed by atoms with E-state index >= 15 is 0 Å². The van der Waals surface area contributed by atoms with Crippen LogP contribution in [-0.2, 0) is 0 Å². The van der Waals surface area contributed by atoms with Crippen LogP contribution in [0.3, 0.4) is 0 Å². The molecule has 100 valence electrons. The second-order valence-electron chi connectivity index (χ2n) is 4.37. The average molecular weight is 260 g/mol. The van der Waals surface area contributed by atoms with Gasteiger partial charge in [-0.15, -0.1) is 0 Å². The molecule has 0 aliphatic rings. The maximum atomic E-state index is 13.6. The predicted molar refractivity (Wildman–Crippen MR) is 74.2 cm³/mol. The van der Waals surface area contributed by atoms with Crippen molar-refractivity contribution in [2.24, 2.45) is 0 Å². The molecule has 0 bridgehead atoms. The summed E-state index contributed by atoms with van der Waals surface area (Å²) in [5.74, 6) is 0.359. The summed E-state index contributed by atoms with van der Waals surface area (Å²) >= 11 is 0. The van der Waals surface area contributed by atoms with E-state index in [0.717, 1.165) is 24.2 Å². The average Bonchev–Trinajstić information content (AvgIpc) is 2.41. The van der Waals surface area contributed by atoms with Crippen LogP contribution < -0.4 is 10.1 Å². The van der Waals surface area contributed by atoms with Gasteiger partial charge in [0.2, 0.25) is 0 Å². The first-order valence-corrected chi connectivity index (χ1v) is 6.32. The minimum Gasteiger partial charge on any atom is -0.453 e. The van der Waals surface area contributed by atoms with Gasteiger partial charge in [0.1, 0.15) is 5.75 Å². The molecule has 0 unspecified atom stereocenters. The van der Waals surface area contributed by atoms with Crippen LogP contribution in [0.4, 0.5) is 10.1 Å². The molecule has 2 aromatic rings. The molecule has 4 heteroatoms. The van der Waals surface area contributed by atoms with Crippen molar-refractivity contribution in [2.45, 2.75) is 20.3 Å². The van der Waals surface area contributed by atoms with Gasteiger partial charge in [0, 0.05) is 12.6 Å². The Bertz CT molecular complexity index is 558. The van der Waals surface area contributed by atoms with Gasteiger partial charge in [0.15, 0.2) is 11.6 Å². The highest BCUT2D eigenvalue weighted by Gasteiger charge is 2.05. The van der Waals surface area contributed by atoms with Crippen molar-refractivity contribution in [2.75, 3.05) is 11.9 Å². The van der Waals surface area contributed by atoms with Crippen LogP contribution >= 0.6 is 0 Å². The summed E-state index contributed by atoms with van der Waals surface area (Å²) in [6.45, 7) is 4.84. The molecule has 0 amide bonds. The number of nitrogens with zero attached hydrogens (tertiary/aromatic N) is 1. The van der Waals surface area contributed by atoms with Crippen LogP contribution in [0, 0.1) is 12.7 Å². The van der Waals surface area contributed by atoms with E-state index < -0.39 is 0 Å². The molecule has 0 saturated heterocycles. The van der Waals surface area contributed by atoms with Crippen molar-refractivity contribution in [3.8, 4) is 11.5 Å². The van der Waals surface area contributed by atoms with Crippen molar-refractivity contribution in [1.82, 2.24) is 4.98 Å². The molecule has 0 aliphatic heterocycles. The third-order valence-corrected chi connectivity index (χ3v) is 2.61. The molecule has 1 aromatic carbocycles. The lowest BCUT2D eigenvalue weighted by molar-refractivity contribution is 0.440. The summed E-state index contributed by atoms with van der Waals surface area (Å²) in [7, 11) is 0. The van der Waals surface area contributed by atoms with Crippen molar-refractivity contribution < 1.29 is 9.13 Å². The second kappa shape index (κ2) is 6.18. The lowest BCUT2D eigenvalue weighted by Crippen LogP contribution is -2.00. The summed E-state index contributed by atoms with van der Waals surface area (Å²) in [5.41, 5.74) is 1.82. The monoisotopic (exact) mass is 260 g/mol. The number of halogens is 1. The summed E-state index contributed by atoms with van der Waals surface area (Å²) in [4.78, 5) is 4.08. The normalized spacial score (nSPS) is 10.3. The molecule has 1 aromatic heterocycles. The van der Waals surface area contributed by atoms with E-state index in [4.69, 9.17) is 4.74 Å². The van der Waals surface area contributed by atoms with Crippen molar-refractivity contribution in [1.29, 1.82) is 0 Å². The molecule has 0 aliphatic carbocycles. The zero-order valence-corrected chi connectivity index (χ0v) is 11.1. The molecule has 0 spiro atoms. The quantitative estimate of drug-likeness (QED) is 0.877. The minimum absolute atomic E-state index is 0.217. The van der Waals surface area contributed by atoms with E-state index in [-0.39, 0.29) is 11.6 Å². The van der Waals surface area contributed by atoms with E-state index in [9.17, 15) is 4.39 Å². The maximum Gasteiger partial charge on any atom is 0.165 e. The molecule has 0 atom stereocenters. The van der Waals surface area contributed by atoms with Crippen LogP contribution in [-0.4, -0.2) is 11.5 Å². The highest BCUT2D eigenvalue weighted by Crippen LogP contribution is 2.26. The van der Waals surface area contributed by atoms with E-state index in [1.165, 1.54) is 6.07 Å². The van der Waals surface area contributed by atoms with Crippen molar-refractivity contribution >= 4 is 5.69 Å². The van der Waals surface area contributed by atoms with E-state index in [1.54, 1.807) is 24.5 Å². The Hall–Kier alpha value is -2.10. The van der Waals surface area contributed by atoms with Crippen LogP contribution in [0.1, 0.15) is 18.9 Å².